The Morgan fingerprint density at radius 3 is 2.09 bits per heavy atom. The highest BCUT2D eigenvalue weighted by atomic mass is 79.9. The number of piperidine rings is 1. The standard InChI is InChI=1S/C17H20N2O3S.C5H3BrClNO2S/c1-14-10-12-19(13-11-14)23(20,21)17-9-5-8-16(18-17)22-15-6-3-2-4-7-15;6-4-2-1-3-5(8-4)11(7,9)10/h2-9,14H,10-13H2,1H3;1-3H. The minimum absolute atomic E-state index is 0.0421. The van der Waals surface area contributed by atoms with Crippen LogP contribution in [-0.2, 0) is 19.1 Å². The number of pyridine rings is 2. The first-order valence-corrected chi connectivity index (χ1v) is 14.9. The molecular formula is C22H23BrClN3O5S2. The number of benzene rings is 1. The van der Waals surface area contributed by atoms with Gasteiger partial charge >= 0.3 is 0 Å². The molecule has 0 N–H and O–H groups in total. The third-order valence-electron chi connectivity index (χ3n) is 4.95. The molecule has 0 bridgehead atoms. The summed E-state index contributed by atoms with van der Waals surface area (Å²) in [6.07, 6.45) is 1.78. The number of hydrogen-bond donors (Lipinski definition) is 0. The van der Waals surface area contributed by atoms with Crippen molar-refractivity contribution in [1.82, 2.24) is 14.3 Å². The quantitative estimate of drug-likeness (QED) is 0.303. The maximum Gasteiger partial charge on any atom is 0.278 e. The first-order chi connectivity index (χ1) is 16.1. The Bertz CT molecular complexity index is 1320. The van der Waals surface area contributed by atoms with Crippen LogP contribution >= 0.6 is 26.6 Å². The van der Waals surface area contributed by atoms with E-state index in [1.807, 2.05) is 18.2 Å². The van der Waals surface area contributed by atoms with Crippen molar-refractivity contribution in [2.24, 2.45) is 5.92 Å². The SMILES string of the molecule is CC1CCN(S(=O)(=O)c2cccc(Oc3ccccc3)n2)CC1.O=S(=O)(Cl)c1cccc(Br)n1. The van der Waals surface area contributed by atoms with Gasteiger partial charge in [-0.15, -0.1) is 0 Å². The fourth-order valence-electron chi connectivity index (χ4n) is 3.09. The highest BCUT2D eigenvalue weighted by Crippen LogP contribution is 2.25. The average molecular weight is 589 g/mol. The van der Waals surface area contributed by atoms with Gasteiger partial charge in [0.2, 0.25) is 5.88 Å². The zero-order valence-electron chi connectivity index (χ0n) is 18.2. The molecule has 4 rings (SSSR count). The molecule has 1 aliphatic rings. The third-order valence-corrected chi connectivity index (χ3v) is 8.39. The molecule has 8 nitrogen and oxygen atoms in total. The molecule has 0 saturated carbocycles. The number of rotatable bonds is 5. The van der Waals surface area contributed by atoms with Crippen LogP contribution in [0, 0.1) is 5.92 Å². The van der Waals surface area contributed by atoms with Crippen molar-refractivity contribution in [3.8, 4) is 11.6 Å². The van der Waals surface area contributed by atoms with E-state index in [0.29, 0.717) is 29.4 Å². The van der Waals surface area contributed by atoms with Crippen molar-refractivity contribution < 1.29 is 21.6 Å². The Morgan fingerprint density at radius 2 is 1.50 bits per heavy atom. The van der Waals surface area contributed by atoms with Gasteiger partial charge in [-0.25, -0.2) is 21.8 Å². The number of sulfonamides is 1. The zero-order valence-corrected chi connectivity index (χ0v) is 22.2. The number of para-hydroxylation sites is 1. The van der Waals surface area contributed by atoms with Crippen molar-refractivity contribution in [3.63, 3.8) is 0 Å². The largest absolute Gasteiger partial charge is 0.439 e. The van der Waals surface area contributed by atoms with Gasteiger partial charge in [0.25, 0.3) is 19.1 Å². The van der Waals surface area contributed by atoms with E-state index in [1.165, 1.54) is 16.4 Å². The molecule has 12 heteroatoms. The predicted molar refractivity (Wildman–Crippen MR) is 133 cm³/mol. The Hall–Kier alpha value is -2.05. The van der Waals surface area contributed by atoms with Crippen molar-refractivity contribution in [2.75, 3.05) is 13.1 Å². The second kappa shape index (κ2) is 11.6. The summed E-state index contributed by atoms with van der Waals surface area (Å²) >= 11 is 3.02. The molecule has 0 unspecified atom stereocenters. The van der Waals surface area contributed by atoms with Crippen LogP contribution in [-0.4, -0.2) is 44.2 Å². The van der Waals surface area contributed by atoms with Crippen LogP contribution < -0.4 is 4.74 Å². The van der Waals surface area contributed by atoms with Crippen LogP contribution in [0.1, 0.15) is 19.8 Å². The summed E-state index contributed by atoms with van der Waals surface area (Å²) < 4.78 is 54.3. The molecule has 34 heavy (non-hydrogen) atoms. The van der Waals surface area contributed by atoms with Gasteiger partial charge in [0, 0.05) is 29.8 Å². The van der Waals surface area contributed by atoms with Crippen LogP contribution in [0.5, 0.6) is 11.6 Å². The monoisotopic (exact) mass is 587 g/mol. The molecule has 3 heterocycles. The molecule has 1 fully saturated rings. The van der Waals surface area contributed by atoms with E-state index < -0.39 is 19.1 Å². The van der Waals surface area contributed by atoms with Crippen LogP contribution in [0.2, 0.25) is 0 Å². The summed E-state index contributed by atoms with van der Waals surface area (Å²) in [4.78, 5) is 7.82. The fraction of sp³-hybridized carbons (Fsp3) is 0.273. The Balaban J connectivity index is 0.000000248. The maximum absolute atomic E-state index is 12.7. The second-order valence-electron chi connectivity index (χ2n) is 7.55. The van der Waals surface area contributed by atoms with E-state index >= 15 is 0 Å². The molecular weight excluding hydrogens is 566 g/mol. The smallest absolute Gasteiger partial charge is 0.278 e. The number of aromatic nitrogens is 2. The summed E-state index contributed by atoms with van der Waals surface area (Å²) in [6.45, 7) is 3.25. The van der Waals surface area contributed by atoms with E-state index in [1.54, 1.807) is 36.4 Å². The van der Waals surface area contributed by atoms with Gasteiger partial charge in [0.15, 0.2) is 10.1 Å². The lowest BCUT2D eigenvalue weighted by Crippen LogP contribution is -2.38. The first-order valence-electron chi connectivity index (χ1n) is 10.3. The summed E-state index contributed by atoms with van der Waals surface area (Å²) in [6, 6.07) is 18.5. The predicted octanol–water partition coefficient (Wildman–Crippen LogP) is 5.07. The molecule has 0 atom stereocenters. The third kappa shape index (κ3) is 7.47. The zero-order chi connectivity index (χ0) is 24.8. The van der Waals surface area contributed by atoms with E-state index in [9.17, 15) is 16.8 Å². The topological polar surface area (TPSA) is 107 Å². The number of ether oxygens (including phenoxy) is 1. The molecule has 3 aromatic rings. The lowest BCUT2D eigenvalue weighted by atomic mass is 10.0. The minimum Gasteiger partial charge on any atom is -0.439 e. The number of hydrogen-bond acceptors (Lipinski definition) is 7. The molecule has 1 aromatic carbocycles. The molecule has 0 radical (unpaired) electrons. The van der Waals surface area contributed by atoms with Crippen LogP contribution in [0.15, 0.2) is 81.4 Å². The Morgan fingerprint density at radius 1 is 0.882 bits per heavy atom. The molecule has 1 saturated heterocycles. The van der Waals surface area contributed by atoms with Gasteiger partial charge in [-0.05, 0) is 65.0 Å². The molecule has 0 spiro atoms. The lowest BCUT2D eigenvalue weighted by molar-refractivity contribution is 0.287. The van der Waals surface area contributed by atoms with Crippen LogP contribution in [0.3, 0.4) is 0 Å². The Kier molecular flexibility index (Phi) is 9.05. The van der Waals surface area contributed by atoms with E-state index in [2.05, 4.69) is 32.8 Å². The molecule has 2 aromatic heterocycles. The van der Waals surface area contributed by atoms with Gasteiger partial charge in [-0.1, -0.05) is 37.3 Å². The van der Waals surface area contributed by atoms with Gasteiger partial charge in [0.1, 0.15) is 10.4 Å². The van der Waals surface area contributed by atoms with Crippen molar-refractivity contribution >= 4 is 45.7 Å². The molecule has 0 aliphatic carbocycles. The highest BCUT2D eigenvalue weighted by Gasteiger charge is 2.29. The lowest BCUT2D eigenvalue weighted by Gasteiger charge is -2.29. The maximum atomic E-state index is 12.7. The van der Waals surface area contributed by atoms with Gasteiger partial charge in [-0.2, -0.15) is 9.29 Å². The van der Waals surface area contributed by atoms with Crippen LogP contribution in [0.4, 0.5) is 0 Å². The minimum atomic E-state index is -3.69. The van der Waals surface area contributed by atoms with Gasteiger partial charge in [0.05, 0.1) is 0 Å². The summed E-state index contributed by atoms with van der Waals surface area (Å²) in [5.41, 5.74) is 0. The van der Waals surface area contributed by atoms with E-state index in [0.717, 1.165) is 12.8 Å². The number of halogens is 2. The summed E-state index contributed by atoms with van der Waals surface area (Å²) in [5.74, 6) is 1.48. The van der Waals surface area contributed by atoms with Crippen molar-refractivity contribution in [3.05, 3.63) is 71.3 Å². The van der Waals surface area contributed by atoms with E-state index in [4.69, 9.17) is 15.4 Å². The van der Waals surface area contributed by atoms with Crippen molar-refractivity contribution in [2.45, 2.75) is 29.8 Å². The number of nitrogens with zero attached hydrogens (tertiary/aromatic N) is 3. The first kappa shape index (κ1) is 26.6. The molecule has 1 aliphatic heterocycles. The summed E-state index contributed by atoms with van der Waals surface area (Å²) in [5, 5.41) is -0.103. The van der Waals surface area contributed by atoms with E-state index in [-0.39, 0.29) is 15.9 Å². The average Bonchev–Trinajstić information content (AvgIpc) is 2.80. The highest BCUT2D eigenvalue weighted by molar-refractivity contribution is 9.10. The normalized spacial score (nSPS) is 15.3. The van der Waals surface area contributed by atoms with Crippen molar-refractivity contribution in [1.29, 1.82) is 0 Å². The second-order valence-corrected chi connectivity index (χ2v) is 12.8. The molecule has 0 amide bonds. The van der Waals surface area contributed by atoms with Gasteiger partial charge < -0.3 is 4.74 Å². The fourth-order valence-corrected chi connectivity index (χ4v) is 5.67. The molecule has 182 valence electrons. The van der Waals surface area contributed by atoms with Gasteiger partial charge in [-0.3, -0.25) is 0 Å². The Labute approximate surface area is 212 Å². The van der Waals surface area contributed by atoms with Crippen LogP contribution in [0.25, 0.3) is 0 Å². The summed E-state index contributed by atoms with van der Waals surface area (Å²) in [7, 11) is -2.23.